The van der Waals surface area contributed by atoms with Crippen LogP contribution >= 0.6 is 11.3 Å². The fraction of sp³-hybridized carbons (Fsp3) is 0.200. The van der Waals surface area contributed by atoms with Crippen molar-refractivity contribution in [2.75, 3.05) is 18.2 Å². The molecule has 0 fully saturated rings. The van der Waals surface area contributed by atoms with Crippen LogP contribution in [-0.2, 0) is 14.6 Å². The van der Waals surface area contributed by atoms with Crippen LogP contribution < -0.4 is 10.1 Å². The second-order valence-corrected chi connectivity index (χ2v) is 9.17. The first-order valence-corrected chi connectivity index (χ1v) is 11.0. The number of nitrogens with zero attached hydrogens (tertiary/aromatic N) is 1. The smallest absolute Gasteiger partial charge is 0.241 e. The topological polar surface area (TPSA) is 85.4 Å². The summed E-state index contributed by atoms with van der Waals surface area (Å²) in [6.45, 7) is 4.06. The number of aryl methyl sites for hydroxylation is 2. The molecule has 6 nitrogen and oxygen atoms in total. The van der Waals surface area contributed by atoms with Crippen LogP contribution in [0.3, 0.4) is 0 Å². The predicted molar refractivity (Wildman–Crippen MR) is 111 cm³/mol. The van der Waals surface area contributed by atoms with Crippen molar-refractivity contribution in [3.63, 3.8) is 0 Å². The van der Waals surface area contributed by atoms with Crippen molar-refractivity contribution in [3.8, 4) is 17.0 Å². The molecule has 3 rings (SSSR count). The van der Waals surface area contributed by atoms with Gasteiger partial charge in [-0.15, -0.1) is 11.3 Å². The lowest BCUT2D eigenvalue weighted by Crippen LogP contribution is -2.22. The minimum absolute atomic E-state index is 0.0680. The van der Waals surface area contributed by atoms with Crippen molar-refractivity contribution in [1.82, 2.24) is 4.98 Å². The Morgan fingerprint density at radius 2 is 1.82 bits per heavy atom. The van der Waals surface area contributed by atoms with Gasteiger partial charge in [-0.05, 0) is 55.3 Å². The number of aromatic nitrogens is 1. The number of hydrogen-bond acceptors (Lipinski definition) is 6. The standard InChI is InChI=1S/C20H20N2O4S2/c1-13-4-5-15(10-14(13)2)18-11-27-20(21-18)22-19(23)12-28(24,25)17-8-6-16(26-3)7-9-17/h4-11H,12H2,1-3H3,(H,21,22,23). The maximum absolute atomic E-state index is 12.4. The highest BCUT2D eigenvalue weighted by Crippen LogP contribution is 2.26. The van der Waals surface area contributed by atoms with Crippen molar-refractivity contribution in [2.45, 2.75) is 18.7 Å². The minimum Gasteiger partial charge on any atom is -0.497 e. The first-order valence-electron chi connectivity index (χ1n) is 8.48. The Kier molecular flexibility index (Phi) is 5.81. The van der Waals surface area contributed by atoms with E-state index in [9.17, 15) is 13.2 Å². The molecule has 3 aromatic rings. The zero-order valence-corrected chi connectivity index (χ0v) is 17.4. The molecule has 1 heterocycles. The van der Waals surface area contributed by atoms with Gasteiger partial charge in [0.25, 0.3) is 0 Å². The molecule has 1 N–H and O–H groups in total. The van der Waals surface area contributed by atoms with Gasteiger partial charge in [-0.25, -0.2) is 13.4 Å². The number of methoxy groups -OCH3 is 1. The Labute approximate surface area is 168 Å². The zero-order valence-electron chi connectivity index (χ0n) is 15.7. The van der Waals surface area contributed by atoms with Crippen LogP contribution in [0.25, 0.3) is 11.3 Å². The van der Waals surface area contributed by atoms with Gasteiger partial charge >= 0.3 is 0 Å². The molecule has 146 valence electrons. The molecule has 0 aliphatic heterocycles. The van der Waals surface area contributed by atoms with Crippen molar-refractivity contribution >= 4 is 32.2 Å². The second-order valence-electron chi connectivity index (χ2n) is 6.32. The van der Waals surface area contributed by atoms with E-state index >= 15 is 0 Å². The predicted octanol–water partition coefficient (Wildman–Crippen LogP) is 3.85. The van der Waals surface area contributed by atoms with Crippen LogP contribution in [-0.4, -0.2) is 32.2 Å². The van der Waals surface area contributed by atoms with E-state index in [0.717, 1.165) is 16.8 Å². The molecule has 0 unspecified atom stereocenters. The number of carbonyl (C=O) groups is 1. The van der Waals surface area contributed by atoms with Gasteiger partial charge < -0.3 is 10.1 Å². The number of hydrogen-bond donors (Lipinski definition) is 1. The average Bonchev–Trinajstić information content (AvgIpc) is 3.11. The third-order valence-electron chi connectivity index (χ3n) is 4.29. The highest BCUT2D eigenvalue weighted by Gasteiger charge is 2.20. The number of carbonyl (C=O) groups excluding carboxylic acids is 1. The normalized spacial score (nSPS) is 11.2. The van der Waals surface area contributed by atoms with Gasteiger partial charge in [-0.2, -0.15) is 0 Å². The van der Waals surface area contributed by atoms with Gasteiger partial charge in [0.1, 0.15) is 11.5 Å². The minimum atomic E-state index is -3.75. The van der Waals surface area contributed by atoms with Gasteiger partial charge in [0.15, 0.2) is 15.0 Å². The number of benzene rings is 2. The highest BCUT2D eigenvalue weighted by molar-refractivity contribution is 7.92. The van der Waals surface area contributed by atoms with E-state index in [1.165, 1.54) is 36.1 Å². The molecule has 0 aliphatic rings. The van der Waals surface area contributed by atoms with Gasteiger partial charge in [-0.1, -0.05) is 12.1 Å². The lowest BCUT2D eigenvalue weighted by molar-refractivity contribution is -0.113. The van der Waals surface area contributed by atoms with Crippen LogP contribution in [0.5, 0.6) is 5.75 Å². The SMILES string of the molecule is COc1ccc(S(=O)(=O)CC(=O)Nc2nc(-c3ccc(C)c(C)c3)cs2)cc1. The zero-order chi connectivity index (χ0) is 20.3. The summed E-state index contributed by atoms with van der Waals surface area (Å²) in [5, 5.41) is 4.77. The summed E-state index contributed by atoms with van der Waals surface area (Å²) in [4.78, 5) is 16.7. The molecule has 8 heteroatoms. The summed E-state index contributed by atoms with van der Waals surface area (Å²) >= 11 is 1.26. The summed E-state index contributed by atoms with van der Waals surface area (Å²) in [5.74, 6) is -0.736. The molecule has 0 bridgehead atoms. The van der Waals surface area contributed by atoms with Crippen LogP contribution in [0.1, 0.15) is 11.1 Å². The van der Waals surface area contributed by atoms with Crippen LogP contribution in [0.15, 0.2) is 52.7 Å². The molecule has 1 amide bonds. The summed E-state index contributed by atoms with van der Waals surface area (Å²) < 4.78 is 29.8. The van der Waals surface area contributed by atoms with E-state index in [4.69, 9.17) is 4.74 Å². The van der Waals surface area contributed by atoms with E-state index in [0.29, 0.717) is 10.9 Å². The average molecular weight is 417 g/mol. The molecular weight excluding hydrogens is 396 g/mol. The van der Waals surface area contributed by atoms with Gasteiger partial charge in [0.05, 0.1) is 17.7 Å². The molecular formula is C20H20N2O4S2. The van der Waals surface area contributed by atoms with E-state index in [-0.39, 0.29) is 4.90 Å². The third-order valence-corrected chi connectivity index (χ3v) is 6.68. The monoisotopic (exact) mass is 416 g/mol. The number of nitrogens with one attached hydrogen (secondary N) is 1. The number of rotatable bonds is 6. The molecule has 0 atom stereocenters. The molecule has 0 radical (unpaired) electrons. The molecule has 0 spiro atoms. The fourth-order valence-electron chi connectivity index (χ4n) is 2.56. The largest absolute Gasteiger partial charge is 0.497 e. The number of sulfone groups is 1. The Bertz CT molecular complexity index is 1100. The van der Waals surface area contributed by atoms with E-state index < -0.39 is 21.5 Å². The second kappa shape index (κ2) is 8.12. The number of ether oxygens (including phenoxy) is 1. The Hall–Kier alpha value is -2.71. The number of anilines is 1. The Balaban J connectivity index is 1.69. The third kappa shape index (κ3) is 4.58. The highest BCUT2D eigenvalue weighted by atomic mass is 32.2. The first-order chi connectivity index (χ1) is 13.3. The van der Waals surface area contributed by atoms with Gasteiger partial charge in [0, 0.05) is 10.9 Å². The van der Waals surface area contributed by atoms with Crippen molar-refractivity contribution in [3.05, 3.63) is 59.0 Å². The van der Waals surface area contributed by atoms with Crippen LogP contribution in [0.2, 0.25) is 0 Å². The fourth-order valence-corrected chi connectivity index (χ4v) is 4.43. The van der Waals surface area contributed by atoms with Crippen LogP contribution in [0, 0.1) is 13.8 Å². The lowest BCUT2D eigenvalue weighted by atomic mass is 10.1. The molecule has 28 heavy (non-hydrogen) atoms. The Morgan fingerprint density at radius 1 is 1.11 bits per heavy atom. The molecule has 0 saturated carbocycles. The quantitative estimate of drug-likeness (QED) is 0.660. The number of amides is 1. The maximum atomic E-state index is 12.4. The van der Waals surface area contributed by atoms with Crippen molar-refractivity contribution < 1.29 is 17.9 Å². The van der Waals surface area contributed by atoms with Gasteiger partial charge in [0.2, 0.25) is 5.91 Å². The van der Waals surface area contributed by atoms with Gasteiger partial charge in [-0.3, -0.25) is 4.79 Å². The summed E-state index contributed by atoms with van der Waals surface area (Å²) in [5.41, 5.74) is 4.03. The lowest BCUT2D eigenvalue weighted by Gasteiger charge is -2.06. The molecule has 2 aromatic carbocycles. The first kappa shape index (κ1) is 20.0. The van der Waals surface area contributed by atoms with E-state index in [2.05, 4.69) is 10.3 Å². The summed E-state index contributed by atoms with van der Waals surface area (Å²) in [6.07, 6.45) is 0. The summed E-state index contributed by atoms with van der Waals surface area (Å²) in [7, 11) is -2.25. The van der Waals surface area contributed by atoms with E-state index in [1.807, 2.05) is 37.4 Å². The Morgan fingerprint density at radius 3 is 2.46 bits per heavy atom. The number of thiazole rings is 1. The molecule has 1 aromatic heterocycles. The van der Waals surface area contributed by atoms with Crippen molar-refractivity contribution in [2.24, 2.45) is 0 Å². The molecule has 0 aliphatic carbocycles. The molecule has 0 saturated heterocycles. The summed E-state index contributed by atoms with van der Waals surface area (Å²) in [6, 6.07) is 11.9. The van der Waals surface area contributed by atoms with E-state index in [1.54, 1.807) is 12.1 Å². The van der Waals surface area contributed by atoms with Crippen LogP contribution in [0.4, 0.5) is 5.13 Å². The maximum Gasteiger partial charge on any atom is 0.241 e. The van der Waals surface area contributed by atoms with Crippen molar-refractivity contribution in [1.29, 1.82) is 0 Å².